The van der Waals surface area contributed by atoms with Gasteiger partial charge in [0.2, 0.25) is 5.89 Å². The molecule has 1 N–H and O–H groups in total. The molecule has 1 aromatic heterocycles. The van der Waals surface area contributed by atoms with E-state index in [-0.39, 0.29) is 0 Å². The average molecular weight is 532 g/mol. The molecule has 0 amide bonds. The number of carbonyl (C=O) groups is 1. The van der Waals surface area contributed by atoms with Crippen molar-refractivity contribution in [1.29, 1.82) is 0 Å². The van der Waals surface area contributed by atoms with Gasteiger partial charge in [-0.15, -0.1) is 0 Å². The number of carboxylic acid groups (broad SMARTS) is 1. The summed E-state index contributed by atoms with van der Waals surface area (Å²) in [6, 6.07) is 12.2. The summed E-state index contributed by atoms with van der Waals surface area (Å²) in [5.41, 5.74) is -0.383. The molecule has 7 nitrogen and oxygen atoms in total. The van der Waals surface area contributed by atoms with Gasteiger partial charge in [0.1, 0.15) is 5.75 Å². The standard InChI is InChI=1S/C28H32F3N3O4/c1-27(2,25(35)36)37-23-13-9-19(10-14-23)15-16-34(18-21-7-11-22(12-8-21)28(29,30)31)26-32-24(38-33-26)17-20-5-3-4-6-20/h7-14,20H,3-6,15-18H2,1-2H3,(H,35,36). The van der Waals surface area contributed by atoms with Crippen molar-refractivity contribution in [2.75, 3.05) is 11.4 Å². The molecule has 2 aromatic carbocycles. The summed E-state index contributed by atoms with van der Waals surface area (Å²) in [7, 11) is 0. The topological polar surface area (TPSA) is 88.7 Å². The number of halogens is 3. The molecule has 0 saturated heterocycles. The van der Waals surface area contributed by atoms with E-state index in [0.717, 1.165) is 37.0 Å². The van der Waals surface area contributed by atoms with E-state index in [0.29, 0.717) is 48.6 Å². The van der Waals surface area contributed by atoms with Gasteiger partial charge in [0.05, 0.1) is 5.56 Å². The van der Waals surface area contributed by atoms with Crippen molar-refractivity contribution in [3.63, 3.8) is 0 Å². The molecule has 4 rings (SSSR count). The lowest BCUT2D eigenvalue weighted by molar-refractivity contribution is -0.152. The number of alkyl halides is 3. The minimum absolute atomic E-state index is 0.314. The Kier molecular flexibility index (Phi) is 8.28. The van der Waals surface area contributed by atoms with Crippen molar-refractivity contribution in [2.45, 2.75) is 70.7 Å². The Bertz CT molecular complexity index is 1200. The number of aromatic nitrogens is 2. The molecule has 1 aliphatic carbocycles. The van der Waals surface area contributed by atoms with E-state index in [1.807, 2.05) is 17.0 Å². The number of rotatable bonds is 11. The number of hydrogen-bond donors (Lipinski definition) is 1. The lowest BCUT2D eigenvalue weighted by Gasteiger charge is -2.22. The van der Waals surface area contributed by atoms with Gasteiger partial charge >= 0.3 is 12.1 Å². The minimum atomic E-state index is -4.39. The van der Waals surface area contributed by atoms with Crippen molar-refractivity contribution >= 4 is 11.9 Å². The SMILES string of the molecule is CC(C)(Oc1ccc(CCN(Cc2ccc(C(F)(F)F)cc2)c2noc(CC3CCCC3)n2)cc1)C(=O)O. The second kappa shape index (κ2) is 11.4. The highest BCUT2D eigenvalue weighted by Crippen LogP contribution is 2.30. The molecule has 0 unspecified atom stereocenters. The summed E-state index contributed by atoms with van der Waals surface area (Å²) in [6.45, 7) is 3.77. The van der Waals surface area contributed by atoms with Crippen LogP contribution in [0.15, 0.2) is 53.1 Å². The van der Waals surface area contributed by atoms with Crippen LogP contribution in [0, 0.1) is 5.92 Å². The van der Waals surface area contributed by atoms with Crippen LogP contribution in [-0.2, 0) is 30.4 Å². The Morgan fingerprint density at radius 3 is 2.29 bits per heavy atom. The highest BCUT2D eigenvalue weighted by atomic mass is 19.4. The van der Waals surface area contributed by atoms with Gasteiger partial charge in [-0.05, 0) is 79.6 Å². The van der Waals surface area contributed by atoms with Crippen LogP contribution in [0.2, 0.25) is 0 Å². The fourth-order valence-corrected chi connectivity index (χ4v) is 4.51. The molecule has 38 heavy (non-hydrogen) atoms. The molecule has 10 heteroatoms. The molecular weight excluding hydrogens is 499 g/mol. The van der Waals surface area contributed by atoms with E-state index >= 15 is 0 Å². The quantitative estimate of drug-likeness (QED) is 0.310. The van der Waals surface area contributed by atoms with Crippen LogP contribution in [0.1, 0.15) is 62.1 Å². The van der Waals surface area contributed by atoms with Crippen LogP contribution in [0.3, 0.4) is 0 Å². The van der Waals surface area contributed by atoms with E-state index in [2.05, 4.69) is 10.1 Å². The molecule has 0 aliphatic heterocycles. The second-order valence-corrected chi connectivity index (χ2v) is 10.3. The normalized spacial score (nSPS) is 14.6. The lowest BCUT2D eigenvalue weighted by Crippen LogP contribution is -2.37. The molecule has 0 bridgehead atoms. The molecule has 1 saturated carbocycles. The van der Waals surface area contributed by atoms with Crippen molar-refractivity contribution in [3.05, 3.63) is 71.1 Å². The zero-order valence-electron chi connectivity index (χ0n) is 21.5. The molecule has 1 aliphatic rings. The zero-order chi connectivity index (χ0) is 27.3. The average Bonchev–Trinajstić information content (AvgIpc) is 3.55. The van der Waals surface area contributed by atoms with Gasteiger partial charge in [-0.3, -0.25) is 0 Å². The second-order valence-electron chi connectivity index (χ2n) is 10.3. The van der Waals surface area contributed by atoms with Crippen molar-refractivity contribution in [1.82, 2.24) is 10.1 Å². The zero-order valence-corrected chi connectivity index (χ0v) is 21.5. The summed E-state index contributed by atoms with van der Waals surface area (Å²) >= 11 is 0. The van der Waals surface area contributed by atoms with E-state index in [4.69, 9.17) is 9.26 Å². The van der Waals surface area contributed by atoms with Gasteiger partial charge in [0.15, 0.2) is 5.60 Å². The van der Waals surface area contributed by atoms with Crippen LogP contribution in [-0.4, -0.2) is 33.4 Å². The van der Waals surface area contributed by atoms with Crippen LogP contribution >= 0.6 is 0 Å². The minimum Gasteiger partial charge on any atom is -0.478 e. The first-order chi connectivity index (χ1) is 18.0. The number of aliphatic carboxylic acids is 1. The summed E-state index contributed by atoms with van der Waals surface area (Å²) in [5.74, 6) is 0.900. The molecular formula is C28H32F3N3O4. The van der Waals surface area contributed by atoms with Gasteiger partial charge in [0.25, 0.3) is 5.95 Å². The fourth-order valence-electron chi connectivity index (χ4n) is 4.51. The molecule has 1 fully saturated rings. The van der Waals surface area contributed by atoms with Gasteiger partial charge in [-0.25, -0.2) is 4.79 Å². The summed E-state index contributed by atoms with van der Waals surface area (Å²) in [6.07, 6.45) is 1.65. The van der Waals surface area contributed by atoms with Crippen molar-refractivity contribution in [3.8, 4) is 5.75 Å². The predicted molar refractivity (Wildman–Crippen MR) is 135 cm³/mol. The fraction of sp³-hybridized carbons (Fsp3) is 0.464. The Morgan fingerprint density at radius 2 is 1.68 bits per heavy atom. The molecule has 0 radical (unpaired) electrons. The third-order valence-corrected chi connectivity index (χ3v) is 6.81. The highest BCUT2D eigenvalue weighted by molar-refractivity contribution is 5.76. The first-order valence-electron chi connectivity index (χ1n) is 12.7. The van der Waals surface area contributed by atoms with Gasteiger partial charge in [0, 0.05) is 19.5 Å². The van der Waals surface area contributed by atoms with E-state index in [1.54, 1.807) is 12.1 Å². The summed E-state index contributed by atoms with van der Waals surface area (Å²) in [5, 5.41) is 13.4. The van der Waals surface area contributed by atoms with Crippen LogP contribution in [0.25, 0.3) is 0 Å². The van der Waals surface area contributed by atoms with Gasteiger partial charge in [-0.2, -0.15) is 18.2 Å². The molecule has 204 valence electrons. The predicted octanol–water partition coefficient (Wildman–Crippen LogP) is 6.31. The van der Waals surface area contributed by atoms with Crippen molar-refractivity contribution in [2.24, 2.45) is 5.92 Å². The Morgan fingerprint density at radius 1 is 1.05 bits per heavy atom. The van der Waals surface area contributed by atoms with Gasteiger partial charge < -0.3 is 19.3 Å². The monoisotopic (exact) mass is 531 g/mol. The van der Waals surface area contributed by atoms with Crippen LogP contribution in [0.4, 0.5) is 19.1 Å². The number of hydrogen-bond acceptors (Lipinski definition) is 6. The highest BCUT2D eigenvalue weighted by Gasteiger charge is 2.30. The first-order valence-corrected chi connectivity index (χ1v) is 12.7. The summed E-state index contributed by atoms with van der Waals surface area (Å²) < 4.78 is 50.1. The maximum absolute atomic E-state index is 13.0. The maximum Gasteiger partial charge on any atom is 0.416 e. The maximum atomic E-state index is 13.0. The Hall–Kier alpha value is -3.56. The van der Waals surface area contributed by atoms with Gasteiger partial charge in [-0.1, -0.05) is 37.1 Å². The number of carboxylic acids is 1. The Balaban J connectivity index is 1.46. The number of ether oxygens (including phenoxy) is 1. The largest absolute Gasteiger partial charge is 0.478 e. The number of benzene rings is 2. The Labute approximate surface area is 219 Å². The first kappa shape index (κ1) is 27.5. The van der Waals surface area contributed by atoms with Crippen LogP contribution < -0.4 is 9.64 Å². The molecule has 0 spiro atoms. The lowest BCUT2D eigenvalue weighted by atomic mass is 10.0. The third-order valence-electron chi connectivity index (χ3n) is 6.81. The van der Waals surface area contributed by atoms with Crippen molar-refractivity contribution < 1.29 is 32.3 Å². The molecule has 0 atom stereocenters. The number of nitrogens with zero attached hydrogens (tertiary/aromatic N) is 3. The smallest absolute Gasteiger partial charge is 0.416 e. The number of anilines is 1. The molecule has 1 heterocycles. The van der Waals surface area contributed by atoms with E-state index in [1.165, 1.54) is 38.8 Å². The molecule has 3 aromatic rings. The van der Waals surface area contributed by atoms with E-state index in [9.17, 15) is 23.1 Å². The van der Waals surface area contributed by atoms with E-state index < -0.39 is 23.3 Å². The summed E-state index contributed by atoms with van der Waals surface area (Å²) in [4.78, 5) is 17.8. The third kappa shape index (κ3) is 7.26. The van der Waals surface area contributed by atoms with Crippen LogP contribution in [0.5, 0.6) is 5.75 Å².